The van der Waals surface area contributed by atoms with Gasteiger partial charge in [0.05, 0.1) is 5.69 Å². The number of nitrogens with zero attached hydrogens (tertiary/aromatic N) is 1. The highest BCUT2D eigenvalue weighted by atomic mass is 16.5. The Balaban J connectivity index is 1.88. The number of ether oxygens (including phenoxy) is 1. The molecule has 1 heterocycles. The fourth-order valence-corrected chi connectivity index (χ4v) is 2.82. The van der Waals surface area contributed by atoms with Crippen LogP contribution in [0.2, 0.25) is 0 Å². The van der Waals surface area contributed by atoms with Gasteiger partial charge in [-0.15, -0.1) is 0 Å². The number of aryl methyl sites for hydroxylation is 2. The normalized spacial score (nSPS) is 16.4. The summed E-state index contributed by atoms with van der Waals surface area (Å²) in [5.41, 5.74) is 2.60. The van der Waals surface area contributed by atoms with Crippen LogP contribution in [-0.2, 0) is 14.4 Å². The van der Waals surface area contributed by atoms with Crippen molar-refractivity contribution in [2.45, 2.75) is 26.9 Å². The van der Waals surface area contributed by atoms with Crippen LogP contribution >= 0.6 is 0 Å². The summed E-state index contributed by atoms with van der Waals surface area (Å²) in [7, 11) is 0. The summed E-state index contributed by atoms with van der Waals surface area (Å²) >= 11 is 0. The van der Waals surface area contributed by atoms with E-state index in [-0.39, 0.29) is 5.57 Å². The SMILES string of the molecule is Cc1ccc(N2C(=O)NC(=O)/C(=C/c3ccc(O[C@H](C)C(=O)O)cc3)C2=O)cc1C. The zero-order valence-electron chi connectivity index (χ0n) is 16.6. The number of hydrogen-bond acceptors (Lipinski definition) is 5. The number of amides is 4. The molecule has 0 radical (unpaired) electrons. The van der Waals surface area contributed by atoms with Gasteiger partial charge in [0.1, 0.15) is 11.3 Å². The van der Waals surface area contributed by atoms with Crippen molar-refractivity contribution in [2.24, 2.45) is 0 Å². The maximum Gasteiger partial charge on any atom is 0.344 e. The first-order chi connectivity index (χ1) is 14.2. The van der Waals surface area contributed by atoms with Gasteiger partial charge in [-0.2, -0.15) is 0 Å². The lowest BCUT2D eigenvalue weighted by molar-refractivity contribution is -0.144. The van der Waals surface area contributed by atoms with Gasteiger partial charge in [0, 0.05) is 0 Å². The Labute approximate surface area is 172 Å². The molecular weight excluding hydrogens is 388 g/mol. The van der Waals surface area contributed by atoms with Crippen molar-refractivity contribution < 1.29 is 29.0 Å². The first kappa shape index (κ1) is 20.8. The van der Waals surface area contributed by atoms with Gasteiger partial charge in [-0.3, -0.25) is 14.9 Å². The largest absolute Gasteiger partial charge is 0.479 e. The predicted octanol–water partition coefficient (Wildman–Crippen LogP) is 2.82. The third-order valence-corrected chi connectivity index (χ3v) is 4.70. The van der Waals surface area contributed by atoms with E-state index >= 15 is 0 Å². The van der Waals surface area contributed by atoms with E-state index in [0.717, 1.165) is 16.0 Å². The van der Waals surface area contributed by atoms with Crippen molar-refractivity contribution in [3.8, 4) is 5.75 Å². The molecular formula is C22H20N2O6. The maximum atomic E-state index is 12.9. The van der Waals surface area contributed by atoms with Crippen molar-refractivity contribution >= 4 is 35.6 Å². The molecule has 0 aliphatic carbocycles. The molecule has 0 bridgehead atoms. The molecule has 0 saturated carbocycles. The molecule has 2 aromatic rings. The molecule has 2 N–H and O–H groups in total. The second-order valence-electron chi connectivity index (χ2n) is 6.89. The number of carbonyl (C=O) groups is 4. The molecule has 1 fully saturated rings. The second kappa shape index (κ2) is 8.20. The third kappa shape index (κ3) is 4.22. The van der Waals surface area contributed by atoms with Crippen molar-refractivity contribution in [1.82, 2.24) is 5.32 Å². The van der Waals surface area contributed by atoms with E-state index in [1.807, 2.05) is 13.8 Å². The first-order valence-electron chi connectivity index (χ1n) is 9.15. The van der Waals surface area contributed by atoms with Gasteiger partial charge in [-0.05, 0) is 67.8 Å². The van der Waals surface area contributed by atoms with Crippen LogP contribution in [0.1, 0.15) is 23.6 Å². The summed E-state index contributed by atoms with van der Waals surface area (Å²) in [6, 6.07) is 10.5. The number of hydrogen-bond donors (Lipinski definition) is 2. The van der Waals surface area contributed by atoms with E-state index < -0.39 is 29.9 Å². The molecule has 8 heteroatoms. The third-order valence-electron chi connectivity index (χ3n) is 4.70. The Morgan fingerprint density at radius 1 is 1.07 bits per heavy atom. The Morgan fingerprint density at radius 3 is 2.33 bits per heavy atom. The summed E-state index contributed by atoms with van der Waals surface area (Å²) < 4.78 is 5.25. The lowest BCUT2D eigenvalue weighted by atomic mass is 10.1. The summed E-state index contributed by atoms with van der Waals surface area (Å²) in [4.78, 5) is 49.3. The molecule has 0 aromatic heterocycles. The number of urea groups is 1. The Bertz CT molecular complexity index is 1070. The van der Waals surface area contributed by atoms with Crippen LogP contribution in [0.4, 0.5) is 10.5 Å². The number of carbonyl (C=O) groups excluding carboxylic acids is 3. The van der Waals surface area contributed by atoms with Crippen LogP contribution in [0.25, 0.3) is 6.08 Å². The van der Waals surface area contributed by atoms with Gasteiger partial charge in [0.25, 0.3) is 11.8 Å². The van der Waals surface area contributed by atoms with Gasteiger partial charge >= 0.3 is 12.0 Å². The topological polar surface area (TPSA) is 113 Å². The van der Waals surface area contributed by atoms with Crippen molar-refractivity contribution in [1.29, 1.82) is 0 Å². The number of anilines is 1. The van der Waals surface area contributed by atoms with Crippen LogP contribution in [0.3, 0.4) is 0 Å². The molecule has 1 atom stereocenters. The lowest BCUT2D eigenvalue weighted by Crippen LogP contribution is -2.54. The standard InChI is InChI=1S/C22H20N2O6/c1-12-4-7-16(10-13(12)2)24-20(26)18(19(25)23-22(24)29)11-15-5-8-17(9-6-15)30-14(3)21(27)28/h4-11,14H,1-3H3,(H,27,28)(H,23,25,29)/b18-11-/t14-/m1/s1. The van der Waals surface area contributed by atoms with Gasteiger partial charge < -0.3 is 9.84 Å². The number of imide groups is 2. The van der Waals surface area contributed by atoms with Crippen molar-refractivity contribution in [3.63, 3.8) is 0 Å². The Kier molecular flexibility index (Phi) is 5.68. The quantitative estimate of drug-likeness (QED) is 0.581. The Morgan fingerprint density at radius 2 is 1.73 bits per heavy atom. The Hall–Kier alpha value is -3.94. The zero-order valence-corrected chi connectivity index (χ0v) is 16.6. The summed E-state index contributed by atoms with van der Waals surface area (Å²) in [5.74, 6) is -2.28. The highest BCUT2D eigenvalue weighted by Gasteiger charge is 2.36. The second-order valence-corrected chi connectivity index (χ2v) is 6.89. The number of aliphatic carboxylic acids is 1. The number of carboxylic acids is 1. The molecule has 4 amide bonds. The average molecular weight is 408 g/mol. The predicted molar refractivity (Wildman–Crippen MR) is 109 cm³/mol. The van der Waals surface area contributed by atoms with E-state index in [2.05, 4.69) is 5.32 Å². The molecule has 0 spiro atoms. The minimum absolute atomic E-state index is 0.194. The summed E-state index contributed by atoms with van der Waals surface area (Å²) in [6.45, 7) is 5.18. The number of barbiturate groups is 1. The molecule has 2 aromatic carbocycles. The van der Waals surface area contributed by atoms with E-state index in [0.29, 0.717) is 17.0 Å². The van der Waals surface area contributed by atoms with Crippen LogP contribution in [0, 0.1) is 13.8 Å². The van der Waals surface area contributed by atoms with Gasteiger partial charge in [-0.1, -0.05) is 18.2 Å². The van der Waals surface area contributed by atoms with Gasteiger partial charge in [0.2, 0.25) is 0 Å². The number of carboxylic acid groups (broad SMARTS) is 1. The zero-order chi connectivity index (χ0) is 22.0. The van der Waals surface area contributed by atoms with E-state index in [1.165, 1.54) is 25.1 Å². The molecule has 8 nitrogen and oxygen atoms in total. The smallest absolute Gasteiger partial charge is 0.344 e. The molecule has 154 valence electrons. The van der Waals surface area contributed by atoms with E-state index in [1.54, 1.807) is 30.3 Å². The summed E-state index contributed by atoms with van der Waals surface area (Å²) in [5, 5.41) is 11.1. The minimum atomic E-state index is -1.10. The van der Waals surface area contributed by atoms with Crippen molar-refractivity contribution in [3.05, 3.63) is 64.7 Å². The number of rotatable bonds is 5. The first-order valence-corrected chi connectivity index (χ1v) is 9.15. The number of benzene rings is 2. The van der Waals surface area contributed by atoms with Crippen molar-refractivity contribution in [2.75, 3.05) is 4.90 Å². The molecule has 3 rings (SSSR count). The lowest BCUT2D eigenvalue weighted by Gasteiger charge is -2.26. The van der Waals surface area contributed by atoms with Crippen LogP contribution in [0.5, 0.6) is 5.75 Å². The molecule has 0 unspecified atom stereocenters. The molecule has 1 aliphatic heterocycles. The van der Waals surface area contributed by atoms with Gasteiger partial charge in [0.15, 0.2) is 6.10 Å². The van der Waals surface area contributed by atoms with E-state index in [4.69, 9.17) is 9.84 Å². The molecule has 30 heavy (non-hydrogen) atoms. The fraction of sp³-hybridized carbons (Fsp3) is 0.182. The average Bonchev–Trinajstić information content (AvgIpc) is 2.69. The van der Waals surface area contributed by atoms with Crippen LogP contribution in [0.15, 0.2) is 48.0 Å². The highest BCUT2D eigenvalue weighted by Crippen LogP contribution is 2.24. The van der Waals surface area contributed by atoms with Crippen LogP contribution in [-0.4, -0.2) is 35.0 Å². The van der Waals surface area contributed by atoms with Crippen LogP contribution < -0.4 is 15.0 Å². The molecule has 1 aliphatic rings. The van der Waals surface area contributed by atoms with Gasteiger partial charge in [-0.25, -0.2) is 14.5 Å². The maximum absolute atomic E-state index is 12.9. The minimum Gasteiger partial charge on any atom is -0.479 e. The monoisotopic (exact) mass is 408 g/mol. The number of nitrogens with one attached hydrogen (secondary N) is 1. The summed E-state index contributed by atoms with van der Waals surface area (Å²) in [6.07, 6.45) is 0.347. The molecule has 1 saturated heterocycles. The highest BCUT2D eigenvalue weighted by molar-refractivity contribution is 6.39. The van der Waals surface area contributed by atoms with E-state index in [9.17, 15) is 19.2 Å². The fourth-order valence-electron chi connectivity index (χ4n) is 2.82.